The van der Waals surface area contributed by atoms with Crippen LogP contribution in [0.25, 0.3) is 11.3 Å². The Morgan fingerprint density at radius 2 is 2.04 bits per heavy atom. The molecule has 0 aromatic carbocycles. The first-order chi connectivity index (χ1) is 11.3. The van der Waals surface area contributed by atoms with E-state index in [1.807, 2.05) is 13.8 Å². The molecule has 0 aliphatic rings. The van der Waals surface area contributed by atoms with Gasteiger partial charge in [-0.1, -0.05) is 6.58 Å². The van der Waals surface area contributed by atoms with Crippen LogP contribution >= 0.6 is 35.6 Å². The number of nitrogens with one attached hydrogen (secondary N) is 2. The topological polar surface area (TPSA) is 110 Å². The van der Waals surface area contributed by atoms with E-state index in [9.17, 15) is 4.79 Å². The summed E-state index contributed by atoms with van der Waals surface area (Å²) in [4.78, 5) is 11.3. The molecule has 0 saturated carbocycles. The third-order valence-electron chi connectivity index (χ3n) is 3.42. The van der Waals surface area contributed by atoms with Crippen molar-refractivity contribution in [2.75, 3.05) is 5.32 Å². The highest BCUT2D eigenvalue weighted by Crippen LogP contribution is 2.23. The van der Waals surface area contributed by atoms with Gasteiger partial charge in [-0.3, -0.25) is 9.89 Å². The van der Waals surface area contributed by atoms with Gasteiger partial charge in [-0.15, -0.1) is 45.8 Å². The van der Waals surface area contributed by atoms with Crippen molar-refractivity contribution in [3.8, 4) is 11.3 Å². The van der Waals surface area contributed by atoms with Gasteiger partial charge in [-0.25, -0.2) is 0 Å². The third-order valence-corrected chi connectivity index (χ3v) is 4.06. The number of aromatic nitrogens is 4. The van der Waals surface area contributed by atoms with E-state index in [0.29, 0.717) is 11.5 Å². The summed E-state index contributed by atoms with van der Waals surface area (Å²) in [5.41, 5.74) is 9.27. The summed E-state index contributed by atoms with van der Waals surface area (Å²) < 4.78 is 0. The van der Waals surface area contributed by atoms with Crippen LogP contribution in [0.2, 0.25) is 0 Å². The molecular formula is C15H19Cl3N6O. The molecule has 0 bridgehead atoms. The first-order valence-electron chi connectivity index (χ1n) is 7.18. The van der Waals surface area contributed by atoms with Crippen LogP contribution < -0.4 is 11.1 Å². The van der Waals surface area contributed by atoms with Gasteiger partial charge in [0.15, 0.2) is 5.82 Å². The van der Waals surface area contributed by atoms with Gasteiger partial charge < -0.3 is 11.1 Å². The van der Waals surface area contributed by atoms with Crippen molar-refractivity contribution in [3.63, 3.8) is 0 Å². The highest BCUT2D eigenvalue weighted by atomic mass is 35.5. The standard InChI is InChI=1S/C15H18Cl2N6O.ClH/c1-7(6-10(18)14(16)17)15(24)19-12-5-4-11(22-23-12)13-8(2)20-21-9(13)3;/h4-5,10,14H,1,6,18H2,2-3H3,(H,20,21)(H,19,23,24);1H/t10-;/m0./s1. The lowest BCUT2D eigenvalue weighted by Gasteiger charge is -2.13. The molecule has 1 amide bonds. The van der Waals surface area contributed by atoms with Gasteiger partial charge in [0.05, 0.1) is 11.4 Å². The van der Waals surface area contributed by atoms with E-state index in [0.717, 1.165) is 17.0 Å². The molecule has 7 nitrogen and oxygen atoms in total. The molecule has 0 aliphatic heterocycles. The van der Waals surface area contributed by atoms with E-state index in [1.54, 1.807) is 12.1 Å². The fourth-order valence-electron chi connectivity index (χ4n) is 2.13. The van der Waals surface area contributed by atoms with E-state index in [4.69, 9.17) is 28.9 Å². The van der Waals surface area contributed by atoms with Crippen molar-refractivity contribution >= 4 is 47.3 Å². The Morgan fingerprint density at radius 1 is 1.36 bits per heavy atom. The maximum absolute atomic E-state index is 12.1. The molecule has 0 spiro atoms. The fourth-order valence-corrected chi connectivity index (χ4v) is 2.31. The molecule has 0 unspecified atom stereocenters. The van der Waals surface area contributed by atoms with Crippen LogP contribution in [0.1, 0.15) is 17.8 Å². The van der Waals surface area contributed by atoms with Crippen LogP contribution in [0.4, 0.5) is 5.82 Å². The maximum Gasteiger partial charge on any atom is 0.252 e. The predicted octanol–water partition coefficient (Wildman–Crippen LogP) is 2.92. The highest BCUT2D eigenvalue weighted by Gasteiger charge is 2.17. The first-order valence-corrected chi connectivity index (χ1v) is 8.05. The molecule has 25 heavy (non-hydrogen) atoms. The Bertz CT molecular complexity index is 725. The normalized spacial score (nSPS) is 11.8. The van der Waals surface area contributed by atoms with Gasteiger partial charge in [0.25, 0.3) is 5.91 Å². The molecular weight excluding hydrogens is 387 g/mol. The second-order valence-electron chi connectivity index (χ2n) is 5.37. The van der Waals surface area contributed by atoms with E-state index in [1.165, 1.54) is 0 Å². The number of amides is 1. The Labute approximate surface area is 161 Å². The number of anilines is 1. The average molecular weight is 406 g/mol. The molecule has 0 aliphatic carbocycles. The SMILES string of the molecule is C=C(C[C@H](N)C(Cl)Cl)C(=O)Nc1ccc(-c2c(C)n[nH]c2C)nn1.Cl. The zero-order valence-electron chi connectivity index (χ0n) is 13.7. The second-order valence-corrected chi connectivity index (χ2v) is 6.54. The molecule has 2 aromatic heterocycles. The number of carbonyl (C=O) groups is 1. The minimum atomic E-state index is -0.768. The van der Waals surface area contributed by atoms with Crippen molar-refractivity contribution in [1.29, 1.82) is 0 Å². The van der Waals surface area contributed by atoms with Crippen LogP contribution in [-0.4, -0.2) is 37.2 Å². The quantitative estimate of drug-likeness (QED) is 0.505. The monoisotopic (exact) mass is 404 g/mol. The Hall–Kier alpha value is -1.67. The van der Waals surface area contributed by atoms with Crippen LogP contribution in [0.15, 0.2) is 24.3 Å². The number of hydrogen-bond donors (Lipinski definition) is 3. The molecule has 2 heterocycles. The van der Waals surface area contributed by atoms with Crippen molar-refractivity contribution in [3.05, 3.63) is 35.7 Å². The van der Waals surface area contributed by atoms with Crippen LogP contribution in [0.5, 0.6) is 0 Å². The van der Waals surface area contributed by atoms with Crippen LogP contribution in [-0.2, 0) is 4.79 Å². The average Bonchev–Trinajstić information content (AvgIpc) is 2.87. The lowest BCUT2D eigenvalue weighted by atomic mass is 10.1. The number of aromatic amines is 1. The Kier molecular flexibility index (Phi) is 7.82. The van der Waals surface area contributed by atoms with Crippen molar-refractivity contribution < 1.29 is 4.79 Å². The number of H-pyrrole nitrogens is 1. The van der Waals surface area contributed by atoms with Gasteiger partial charge in [0.2, 0.25) is 0 Å². The number of rotatable bonds is 6. The summed E-state index contributed by atoms with van der Waals surface area (Å²) in [6.45, 7) is 7.47. The van der Waals surface area contributed by atoms with E-state index < -0.39 is 16.8 Å². The molecule has 1 atom stereocenters. The predicted molar refractivity (Wildman–Crippen MR) is 102 cm³/mol. The summed E-state index contributed by atoms with van der Waals surface area (Å²) in [6.07, 6.45) is 0.183. The van der Waals surface area contributed by atoms with Crippen LogP contribution in [0.3, 0.4) is 0 Å². The zero-order chi connectivity index (χ0) is 17.9. The molecule has 2 rings (SSSR count). The summed E-state index contributed by atoms with van der Waals surface area (Å²) in [7, 11) is 0. The minimum Gasteiger partial charge on any atom is -0.325 e. The van der Waals surface area contributed by atoms with Crippen LogP contribution in [0, 0.1) is 13.8 Å². The molecule has 10 heteroatoms. The Morgan fingerprint density at radius 3 is 2.52 bits per heavy atom. The molecule has 2 aromatic rings. The molecule has 0 fully saturated rings. The number of halogens is 3. The van der Waals surface area contributed by atoms with Gasteiger partial charge in [-0.2, -0.15) is 5.10 Å². The molecule has 0 radical (unpaired) electrons. The number of carbonyl (C=O) groups excluding carboxylic acids is 1. The summed E-state index contributed by atoms with van der Waals surface area (Å²) in [6, 6.07) is 2.85. The van der Waals surface area contributed by atoms with E-state index >= 15 is 0 Å². The first kappa shape index (κ1) is 21.4. The largest absolute Gasteiger partial charge is 0.325 e. The number of aryl methyl sites for hydroxylation is 2. The lowest BCUT2D eigenvalue weighted by molar-refractivity contribution is -0.113. The van der Waals surface area contributed by atoms with E-state index in [2.05, 4.69) is 32.3 Å². The third kappa shape index (κ3) is 5.40. The maximum atomic E-state index is 12.1. The summed E-state index contributed by atoms with van der Waals surface area (Å²) >= 11 is 11.3. The summed E-state index contributed by atoms with van der Waals surface area (Å²) in [5, 5.41) is 17.8. The van der Waals surface area contributed by atoms with Crippen molar-refractivity contribution in [1.82, 2.24) is 20.4 Å². The van der Waals surface area contributed by atoms with E-state index in [-0.39, 0.29) is 24.4 Å². The fraction of sp³-hybridized carbons (Fsp3) is 0.333. The number of nitrogens with zero attached hydrogens (tertiary/aromatic N) is 3. The van der Waals surface area contributed by atoms with Gasteiger partial charge in [0, 0.05) is 22.9 Å². The number of hydrogen-bond acceptors (Lipinski definition) is 5. The number of nitrogens with two attached hydrogens (primary N) is 1. The summed E-state index contributed by atoms with van der Waals surface area (Å²) in [5.74, 6) is -0.0947. The smallest absolute Gasteiger partial charge is 0.252 e. The molecule has 4 N–H and O–H groups in total. The highest BCUT2D eigenvalue weighted by molar-refractivity contribution is 6.44. The second kappa shape index (κ2) is 9.15. The van der Waals surface area contributed by atoms with Gasteiger partial charge >= 0.3 is 0 Å². The van der Waals surface area contributed by atoms with Crippen molar-refractivity contribution in [2.45, 2.75) is 31.1 Å². The minimum absolute atomic E-state index is 0. The van der Waals surface area contributed by atoms with Gasteiger partial charge in [0.1, 0.15) is 4.84 Å². The van der Waals surface area contributed by atoms with Crippen molar-refractivity contribution in [2.24, 2.45) is 5.73 Å². The van der Waals surface area contributed by atoms with Gasteiger partial charge in [-0.05, 0) is 32.4 Å². The molecule has 136 valence electrons. The zero-order valence-corrected chi connectivity index (χ0v) is 16.0. The Balaban J connectivity index is 0.00000312. The number of alkyl halides is 2. The molecule has 0 saturated heterocycles. The lowest BCUT2D eigenvalue weighted by Crippen LogP contribution is -2.30.